The van der Waals surface area contributed by atoms with E-state index in [9.17, 15) is 13.2 Å². The highest BCUT2D eigenvalue weighted by molar-refractivity contribution is 5.52. The number of nitrogens with two attached hydrogens (primary N) is 1. The van der Waals surface area contributed by atoms with Crippen LogP contribution >= 0.6 is 0 Å². The lowest BCUT2D eigenvalue weighted by atomic mass is 9.98. The van der Waals surface area contributed by atoms with E-state index in [1.54, 1.807) is 12.1 Å². The predicted octanol–water partition coefficient (Wildman–Crippen LogP) is 3.40. The van der Waals surface area contributed by atoms with Crippen LogP contribution in [0.25, 0.3) is 0 Å². The second-order valence-corrected chi connectivity index (χ2v) is 5.21. The topological polar surface area (TPSA) is 29.3 Å². The van der Waals surface area contributed by atoms with Crippen molar-refractivity contribution in [3.05, 3.63) is 29.3 Å². The van der Waals surface area contributed by atoms with Gasteiger partial charge < -0.3 is 10.6 Å². The van der Waals surface area contributed by atoms with Crippen LogP contribution in [0.1, 0.15) is 30.9 Å². The van der Waals surface area contributed by atoms with Crippen LogP contribution in [0.2, 0.25) is 0 Å². The van der Waals surface area contributed by atoms with Crippen LogP contribution in [0.5, 0.6) is 0 Å². The van der Waals surface area contributed by atoms with E-state index in [1.165, 1.54) is 0 Å². The van der Waals surface area contributed by atoms with E-state index in [-0.39, 0.29) is 12.1 Å². The Hall–Kier alpha value is -1.23. The maximum Gasteiger partial charge on any atom is 0.416 e. The monoisotopic (exact) mass is 272 g/mol. The quantitative estimate of drug-likeness (QED) is 0.894. The molecule has 1 heterocycles. The fraction of sp³-hybridized carbons (Fsp3) is 0.571. The molecule has 2 rings (SSSR count). The first-order valence-electron chi connectivity index (χ1n) is 6.57. The summed E-state index contributed by atoms with van der Waals surface area (Å²) in [7, 11) is 0. The van der Waals surface area contributed by atoms with Crippen LogP contribution < -0.4 is 10.6 Å². The molecule has 0 amide bonds. The van der Waals surface area contributed by atoms with Crippen molar-refractivity contribution in [2.75, 3.05) is 18.0 Å². The molecule has 19 heavy (non-hydrogen) atoms. The molecule has 1 aliphatic rings. The van der Waals surface area contributed by atoms with Crippen molar-refractivity contribution < 1.29 is 13.2 Å². The Bertz CT molecular complexity index is 435. The summed E-state index contributed by atoms with van der Waals surface area (Å²) in [5.74, 6) is 0.694. The third-order valence-corrected chi connectivity index (χ3v) is 3.76. The van der Waals surface area contributed by atoms with E-state index in [0.29, 0.717) is 5.92 Å². The number of benzene rings is 1. The van der Waals surface area contributed by atoms with Gasteiger partial charge in [-0.05, 0) is 42.5 Å². The number of hydrogen-bond acceptors (Lipinski definition) is 2. The summed E-state index contributed by atoms with van der Waals surface area (Å²) in [6, 6.07) is 4.28. The van der Waals surface area contributed by atoms with Crippen molar-refractivity contribution in [3.8, 4) is 0 Å². The van der Waals surface area contributed by atoms with Gasteiger partial charge in [0.2, 0.25) is 0 Å². The van der Waals surface area contributed by atoms with Gasteiger partial charge in [0.1, 0.15) is 0 Å². The maximum absolute atomic E-state index is 12.8. The number of hydrogen-bond donors (Lipinski definition) is 1. The van der Waals surface area contributed by atoms with Crippen LogP contribution in [0.3, 0.4) is 0 Å². The zero-order valence-electron chi connectivity index (χ0n) is 11.0. The number of rotatable bonds is 2. The van der Waals surface area contributed by atoms with Crippen molar-refractivity contribution >= 4 is 5.69 Å². The van der Waals surface area contributed by atoms with Crippen LogP contribution in [0.4, 0.5) is 18.9 Å². The SMILES string of the molecule is CC1CCN(c2ccc(C(F)(F)F)c(CN)c2)CC1. The van der Waals surface area contributed by atoms with Gasteiger partial charge in [-0.2, -0.15) is 13.2 Å². The molecule has 0 saturated carbocycles. The second kappa shape index (κ2) is 5.41. The predicted molar refractivity (Wildman–Crippen MR) is 69.9 cm³/mol. The summed E-state index contributed by atoms with van der Waals surface area (Å²) in [6.07, 6.45) is -2.17. The fourth-order valence-electron chi connectivity index (χ4n) is 2.49. The molecular weight excluding hydrogens is 253 g/mol. The lowest BCUT2D eigenvalue weighted by Crippen LogP contribution is -2.33. The molecule has 0 radical (unpaired) electrons. The Morgan fingerprint density at radius 2 is 1.89 bits per heavy atom. The van der Waals surface area contributed by atoms with E-state index in [2.05, 4.69) is 11.8 Å². The van der Waals surface area contributed by atoms with Crippen LogP contribution in [0.15, 0.2) is 18.2 Å². The molecule has 0 aromatic heterocycles. The molecular formula is C14H19F3N2. The van der Waals surface area contributed by atoms with Gasteiger partial charge >= 0.3 is 6.18 Å². The van der Waals surface area contributed by atoms with Crippen molar-refractivity contribution in [1.82, 2.24) is 0 Å². The minimum atomic E-state index is -4.33. The Morgan fingerprint density at radius 1 is 1.26 bits per heavy atom. The molecule has 1 fully saturated rings. The molecule has 2 nitrogen and oxygen atoms in total. The van der Waals surface area contributed by atoms with Crippen LogP contribution in [0, 0.1) is 5.92 Å². The zero-order valence-corrected chi connectivity index (χ0v) is 11.0. The number of nitrogens with zero attached hydrogens (tertiary/aromatic N) is 1. The Labute approximate surface area is 111 Å². The summed E-state index contributed by atoms with van der Waals surface area (Å²) in [5.41, 5.74) is 5.85. The van der Waals surface area contributed by atoms with Gasteiger partial charge in [0.25, 0.3) is 0 Å². The van der Waals surface area contributed by atoms with Gasteiger partial charge in [-0.25, -0.2) is 0 Å². The number of alkyl halides is 3. The molecule has 0 bridgehead atoms. The van der Waals surface area contributed by atoms with Gasteiger partial charge in [-0.3, -0.25) is 0 Å². The van der Waals surface area contributed by atoms with E-state index < -0.39 is 11.7 Å². The first-order chi connectivity index (χ1) is 8.91. The van der Waals surface area contributed by atoms with Crippen LogP contribution in [-0.2, 0) is 12.7 Å². The Morgan fingerprint density at radius 3 is 2.42 bits per heavy atom. The molecule has 0 aliphatic carbocycles. The molecule has 1 aromatic rings. The number of halogens is 3. The summed E-state index contributed by atoms with van der Waals surface area (Å²) in [5, 5.41) is 0. The molecule has 106 valence electrons. The Kier molecular flexibility index (Phi) is 4.04. The van der Waals surface area contributed by atoms with E-state index in [1.807, 2.05) is 0 Å². The molecule has 0 unspecified atom stereocenters. The number of anilines is 1. The van der Waals surface area contributed by atoms with Crippen molar-refractivity contribution in [1.29, 1.82) is 0 Å². The van der Waals surface area contributed by atoms with Crippen LogP contribution in [-0.4, -0.2) is 13.1 Å². The van der Waals surface area contributed by atoms with Gasteiger partial charge in [-0.1, -0.05) is 6.92 Å². The second-order valence-electron chi connectivity index (χ2n) is 5.21. The first kappa shape index (κ1) is 14.2. The van der Waals surface area contributed by atoms with E-state index in [4.69, 9.17) is 5.73 Å². The highest BCUT2D eigenvalue weighted by atomic mass is 19.4. The normalized spacial score (nSPS) is 17.8. The lowest BCUT2D eigenvalue weighted by molar-refractivity contribution is -0.138. The fourth-order valence-corrected chi connectivity index (χ4v) is 2.49. The van der Waals surface area contributed by atoms with E-state index in [0.717, 1.165) is 37.7 Å². The van der Waals surface area contributed by atoms with Crippen molar-refractivity contribution in [3.63, 3.8) is 0 Å². The molecule has 0 spiro atoms. The number of piperidine rings is 1. The smallest absolute Gasteiger partial charge is 0.372 e. The Balaban J connectivity index is 2.24. The molecule has 1 saturated heterocycles. The minimum Gasteiger partial charge on any atom is -0.372 e. The van der Waals surface area contributed by atoms with Crippen molar-refractivity contribution in [2.45, 2.75) is 32.5 Å². The average molecular weight is 272 g/mol. The third-order valence-electron chi connectivity index (χ3n) is 3.76. The van der Waals surface area contributed by atoms with Gasteiger partial charge in [0, 0.05) is 25.3 Å². The zero-order chi connectivity index (χ0) is 14.0. The molecule has 0 atom stereocenters. The average Bonchev–Trinajstić information content (AvgIpc) is 2.38. The summed E-state index contributed by atoms with van der Waals surface area (Å²) >= 11 is 0. The summed E-state index contributed by atoms with van der Waals surface area (Å²) < 4.78 is 38.4. The molecule has 5 heteroatoms. The highest BCUT2D eigenvalue weighted by Gasteiger charge is 2.33. The van der Waals surface area contributed by atoms with Gasteiger partial charge in [0.05, 0.1) is 5.56 Å². The molecule has 1 aliphatic heterocycles. The third kappa shape index (κ3) is 3.21. The molecule has 2 N–H and O–H groups in total. The van der Waals surface area contributed by atoms with Crippen molar-refractivity contribution in [2.24, 2.45) is 11.7 Å². The standard InChI is InChI=1S/C14H19F3N2/c1-10-4-6-19(7-5-10)12-2-3-13(14(15,16)17)11(8-12)9-18/h2-3,8,10H,4-7,9,18H2,1H3. The van der Waals surface area contributed by atoms with Gasteiger partial charge in [0.15, 0.2) is 0 Å². The lowest BCUT2D eigenvalue weighted by Gasteiger charge is -2.32. The first-order valence-corrected chi connectivity index (χ1v) is 6.57. The summed E-state index contributed by atoms with van der Waals surface area (Å²) in [6.45, 7) is 3.91. The molecule has 1 aromatic carbocycles. The van der Waals surface area contributed by atoms with Gasteiger partial charge in [-0.15, -0.1) is 0 Å². The minimum absolute atomic E-state index is 0.0904. The maximum atomic E-state index is 12.8. The summed E-state index contributed by atoms with van der Waals surface area (Å²) in [4.78, 5) is 2.14. The largest absolute Gasteiger partial charge is 0.416 e. The van der Waals surface area contributed by atoms with E-state index >= 15 is 0 Å². The highest BCUT2D eigenvalue weighted by Crippen LogP contribution is 2.34.